The number of hydrogen-bond donors (Lipinski definition) is 1. The summed E-state index contributed by atoms with van der Waals surface area (Å²) in [6.45, 7) is 20.1. The first-order valence-corrected chi connectivity index (χ1v) is 11.6. The molecule has 0 unspecified atom stereocenters. The molecule has 31 heavy (non-hydrogen) atoms. The molecule has 4 nitrogen and oxygen atoms in total. The van der Waals surface area contributed by atoms with Crippen LogP contribution in [-0.2, 0) is 13.0 Å². The van der Waals surface area contributed by atoms with Gasteiger partial charge in [0.2, 0.25) is 0 Å². The van der Waals surface area contributed by atoms with E-state index in [0.717, 1.165) is 52.0 Å². The Balaban J connectivity index is 1.15. The van der Waals surface area contributed by atoms with Crippen molar-refractivity contribution >= 4 is 11.4 Å². The van der Waals surface area contributed by atoms with E-state index in [1.54, 1.807) is 0 Å². The third-order valence-corrected chi connectivity index (χ3v) is 6.79. The second-order valence-electron chi connectivity index (χ2n) is 8.99. The van der Waals surface area contributed by atoms with Crippen LogP contribution in [0.1, 0.15) is 36.0 Å². The third kappa shape index (κ3) is 5.48. The monoisotopic (exact) mass is 414 g/mol. The molecule has 1 N–H and O–H groups in total. The molecule has 0 spiro atoms. The first-order chi connectivity index (χ1) is 15.1. The molecule has 0 bridgehead atoms. The van der Waals surface area contributed by atoms with E-state index in [4.69, 9.17) is 6.57 Å². The van der Waals surface area contributed by atoms with Gasteiger partial charge in [-0.05, 0) is 55.9 Å². The highest BCUT2D eigenvalue weighted by Crippen LogP contribution is 2.27. The van der Waals surface area contributed by atoms with Crippen LogP contribution in [0.2, 0.25) is 0 Å². The van der Waals surface area contributed by atoms with Gasteiger partial charge in [0.05, 0.1) is 6.57 Å². The van der Waals surface area contributed by atoms with Crippen LogP contribution < -0.4 is 10.2 Å². The zero-order chi connectivity index (χ0) is 21.6. The van der Waals surface area contributed by atoms with Gasteiger partial charge in [-0.25, -0.2) is 4.85 Å². The lowest BCUT2D eigenvalue weighted by Crippen LogP contribution is -2.37. The average Bonchev–Trinajstić information content (AvgIpc) is 2.82. The second-order valence-corrected chi connectivity index (χ2v) is 8.99. The Morgan fingerprint density at radius 1 is 1.10 bits per heavy atom. The number of anilines is 1. The van der Waals surface area contributed by atoms with Gasteiger partial charge in [0, 0.05) is 56.6 Å². The number of fused-ring (bicyclic) bond motifs is 1. The van der Waals surface area contributed by atoms with Crippen molar-refractivity contribution in [2.24, 2.45) is 5.92 Å². The van der Waals surface area contributed by atoms with Gasteiger partial charge >= 0.3 is 0 Å². The minimum absolute atomic E-state index is 0.559. The van der Waals surface area contributed by atoms with Gasteiger partial charge in [-0.1, -0.05) is 42.5 Å². The predicted molar refractivity (Wildman–Crippen MR) is 130 cm³/mol. The van der Waals surface area contributed by atoms with Crippen LogP contribution in [0.4, 0.5) is 11.4 Å². The molecule has 0 aliphatic carbocycles. The molecule has 0 amide bonds. The van der Waals surface area contributed by atoms with Crippen LogP contribution in [0, 0.1) is 19.4 Å². The number of benzene rings is 2. The van der Waals surface area contributed by atoms with E-state index in [1.807, 2.05) is 12.1 Å². The maximum Gasteiger partial charge on any atom is 0.187 e. The zero-order valence-electron chi connectivity index (χ0n) is 18.7. The van der Waals surface area contributed by atoms with E-state index in [9.17, 15) is 0 Å². The molecule has 0 atom stereocenters. The van der Waals surface area contributed by atoms with Gasteiger partial charge in [0.15, 0.2) is 5.69 Å². The standard InChI is InChI=1S/C27H34N4/c1-21-5-6-25-20-30(16-11-24(25)19-21)15-4-14-29-22(2)23-12-17-31(18-13-23)27-9-7-26(28-3)8-10-27/h5-10,19,23,29H,2,4,11-18,20H2,1H3. The molecule has 4 rings (SSSR count). The van der Waals surface area contributed by atoms with Gasteiger partial charge < -0.3 is 10.2 Å². The van der Waals surface area contributed by atoms with Crippen molar-refractivity contribution in [1.29, 1.82) is 0 Å². The van der Waals surface area contributed by atoms with Crippen LogP contribution in [0.25, 0.3) is 4.85 Å². The molecule has 2 aliphatic heterocycles. The summed E-state index contributed by atoms with van der Waals surface area (Å²) >= 11 is 0. The Labute approximate surface area is 187 Å². The van der Waals surface area contributed by atoms with Crippen molar-refractivity contribution in [3.05, 3.63) is 82.8 Å². The molecular weight excluding hydrogens is 380 g/mol. The summed E-state index contributed by atoms with van der Waals surface area (Å²) in [5.74, 6) is 0.559. The van der Waals surface area contributed by atoms with Crippen molar-refractivity contribution in [3.8, 4) is 0 Å². The smallest absolute Gasteiger partial charge is 0.187 e. The van der Waals surface area contributed by atoms with Crippen molar-refractivity contribution in [1.82, 2.24) is 10.2 Å². The number of rotatable bonds is 7. The van der Waals surface area contributed by atoms with E-state index >= 15 is 0 Å². The van der Waals surface area contributed by atoms with Gasteiger partial charge in [-0.15, -0.1) is 0 Å². The summed E-state index contributed by atoms with van der Waals surface area (Å²) in [4.78, 5) is 8.49. The molecule has 2 aromatic rings. The summed E-state index contributed by atoms with van der Waals surface area (Å²) < 4.78 is 0. The molecule has 0 saturated carbocycles. The molecule has 0 radical (unpaired) electrons. The van der Waals surface area contributed by atoms with Crippen LogP contribution in [-0.4, -0.2) is 37.6 Å². The fourth-order valence-electron chi connectivity index (χ4n) is 4.85. The molecular formula is C27H34N4. The van der Waals surface area contributed by atoms with Crippen molar-refractivity contribution < 1.29 is 0 Å². The number of piperidine rings is 1. The normalized spacial score (nSPS) is 17.1. The van der Waals surface area contributed by atoms with E-state index in [0.29, 0.717) is 11.6 Å². The number of hydrogen-bond acceptors (Lipinski definition) is 3. The molecule has 0 aromatic heterocycles. The fraction of sp³-hybridized carbons (Fsp3) is 0.444. The highest BCUT2D eigenvalue weighted by molar-refractivity contribution is 5.55. The Morgan fingerprint density at radius 3 is 2.61 bits per heavy atom. The van der Waals surface area contributed by atoms with Gasteiger partial charge in [-0.2, -0.15) is 0 Å². The molecule has 2 aromatic carbocycles. The van der Waals surface area contributed by atoms with Crippen molar-refractivity contribution in [2.75, 3.05) is 37.6 Å². The lowest BCUT2D eigenvalue weighted by atomic mass is 9.93. The highest BCUT2D eigenvalue weighted by atomic mass is 15.1. The number of nitrogens with zero attached hydrogens (tertiary/aromatic N) is 3. The summed E-state index contributed by atoms with van der Waals surface area (Å²) in [6.07, 6.45) is 4.61. The van der Waals surface area contributed by atoms with E-state index in [-0.39, 0.29) is 0 Å². The van der Waals surface area contributed by atoms with E-state index in [2.05, 4.69) is 63.8 Å². The predicted octanol–water partition coefficient (Wildman–Crippen LogP) is 5.31. The topological polar surface area (TPSA) is 22.9 Å². The maximum absolute atomic E-state index is 7.09. The van der Waals surface area contributed by atoms with E-state index < -0.39 is 0 Å². The summed E-state index contributed by atoms with van der Waals surface area (Å²) in [6, 6.07) is 14.9. The molecule has 162 valence electrons. The first-order valence-electron chi connectivity index (χ1n) is 11.6. The largest absolute Gasteiger partial charge is 0.389 e. The minimum Gasteiger partial charge on any atom is -0.389 e. The van der Waals surface area contributed by atoms with Crippen LogP contribution in [0.3, 0.4) is 0 Å². The number of allylic oxidation sites excluding steroid dienone is 1. The number of nitrogens with one attached hydrogen (secondary N) is 1. The summed E-state index contributed by atoms with van der Waals surface area (Å²) in [5.41, 5.74) is 7.56. The van der Waals surface area contributed by atoms with Gasteiger partial charge in [-0.3, -0.25) is 4.90 Å². The molecule has 2 heterocycles. The number of aryl methyl sites for hydroxylation is 1. The third-order valence-electron chi connectivity index (χ3n) is 6.79. The quantitative estimate of drug-likeness (QED) is 0.490. The Hall–Kier alpha value is -2.77. The fourth-order valence-corrected chi connectivity index (χ4v) is 4.85. The summed E-state index contributed by atoms with van der Waals surface area (Å²) in [5, 5.41) is 3.62. The molecule has 4 heteroatoms. The van der Waals surface area contributed by atoms with E-state index in [1.165, 1.54) is 41.0 Å². The van der Waals surface area contributed by atoms with Gasteiger partial charge in [0.25, 0.3) is 0 Å². The molecule has 1 fully saturated rings. The lowest BCUT2D eigenvalue weighted by Gasteiger charge is -2.35. The van der Waals surface area contributed by atoms with Crippen LogP contribution in [0.5, 0.6) is 0 Å². The van der Waals surface area contributed by atoms with Gasteiger partial charge in [0.1, 0.15) is 0 Å². The maximum atomic E-state index is 7.09. The highest BCUT2D eigenvalue weighted by Gasteiger charge is 2.21. The zero-order valence-corrected chi connectivity index (χ0v) is 18.7. The summed E-state index contributed by atoms with van der Waals surface area (Å²) in [7, 11) is 0. The van der Waals surface area contributed by atoms with Crippen molar-refractivity contribution in [2.45, 2.75) is 39.2 Å². The Bertz CT molecular complexity index is 933. The Kier molecular flexibility index (Phi) is 6.94. The van der Waals surface area contributed by atoms with Crippen LogP contribution >= 0.6 is 0 Å². The first kappa shape index (κ1) is 21.5. The molecule has 1 saturated heterocycles. The van der Waals surface area contributed by atoms with Crippen LogP contribution in [0.15, 0.2) is 54.7 Å². The minimum atomic E-state index is 0.559. The molecule has 2 aliphatic rings. The average molecular weight is 415 g/mol. The SMILES string of the molecule is [C-]#[N+]c1ccc(N2CCC(C(=C)NCCCN3CCc4cc(C)ccc4C3)CC2)cc1. The second kappa shape index (κ2) is 10.0. The Morgan fingerprint density at radius 2 is 1.87 bits per heavy atom. The lowest BCUT2D eigenvalue weighted by molar-refractivity contribution is 0.250. The van der Waals surface area contributed by atoms with Crippen molar-refractivity contribution in [3.63, 3.8) is 0 Å².